The molecule has 184 valence electrons. The zero-order valence-electron chi connectivity index (χ0n) is 19.9. The molecule has 2 N–H and O–H groups in total. The van der Waals surface area contributed by atoms with Crippen molar-refractivity contribution in [1.82, 2.24) is 19.9 Å². The molecule has 0 saturated carbocycles. The number of halogens is 1. The lowest BCUT2D eigenvalue weighted by molar-refractivity contribution is 0.0974. The van der Waals surface area contributed by atoms with Crippen LogP contribution < -0.4 is 15.5 Å². The fourth-order valence-corrected chi connectivity index (χ4v) is 6.65. The topological polar surface area (TPSA) is 93.3 Å². The molecule has 0 bridgehead atoms. The average Bonchev–Trinajstić information content (AvgIpc) is 3.51. The van der Waals surface area contributed by atoms with E-state index in [1.807, 2.05) is 30.6 Å². The van der Waals surface area contributed by atoms with Crippen molar-refractivity contribution >= 4 is 46.2 Å². The van der Waals surface area contributed by atoms with Gasteiger partial charge in [0.05, 0.1) is 23.9 Å². The molecule has 3 saturated heterocycles. The highest BCUT2D eigenvalue weighted by Crippen LogP contribution is 2.42. The van der Waals surface area contributed by atoms with E-state index in [-0.39, 0.29) is 17.6 Å². The quantitative estimate of drug-likeness (QED) is 0.554. The number of fused-ring (bicyclic) bond motifs is 1. The average molecular weight is 512 g/mol. The SMILES string of the molecule is C[C@@H]1OCC2(CCN(c3cnc4nc(Sc5ccnc(N6CCCC6)c5Cl)ccc4n3)CC2)[C@@H]1N. The Balaban J connectivity index is 1.17. The first kappa shape index (κ1) is 23.2. The highest BCUT2D eigenvalue weighted by Gasteiger charge is 2.47. The van der Waals surface area contributed by atoms with Crippen LogP contribution in [-0.4, -0.2) is 64.9 Å². The Morgan fingerprint density at radius 3 is 2.60 bits per heavy atom. The first-order chi connectivity index (χ1) is 17.0. The molecule has 3 aliphatic heterocycles. The third-order valence-electron chi connectivity index (χ3n) is 7.75. The first-order valence-electron chi connectivity index (χ1n) is 12.4. The molecule has 8 nitrogen and oxygen atoms in total. The molecule has 3 aliphatic rings. The van der Waals surface area contributed by atoms with Crippen molar-refractivity contribution in [2.24, 2.45) is 11.1 Å². The molecular formula is C25H30ClN7OS. The van der Waals surface area contributed by atoms with Crippen molar-refractivity contribution < 1.29 is 4.74 Å². The second kappa shape index (κ2) is 9.35. The summed E-state index contributed by atoms with van der Waals surface area (Å²) in [5, 5.41) is 1.52. The fourth-order valence-electron chi connectivity index (χ4n) is 5.50. The van der Waals surface area contributed by atoms with Gasteiger partial charge < -0.3 is 20.3 Å². The molecule has 0 aliphatic carbocycles. The number of rotatable bonds is 4. The summed E-state index contributed by atoms with van der Waals surface area (Å²) < 4.78 is 5.85. The molecular weight excluding hydrogens is 482 g/mol. The smallest absolute Gasteiger partial charge is 0.179 e. The summed E-state index contributed by atoms with van der Waals surface area (Å²) in [5.41, 5.74) is 7.99. The lowest BCUT2D eigenvalue weighted by atomic mass is 9.73. The normalized spacial score (nSPS) is 24.1. The van der Waals surface area contributed by atoms with E-state index in [1.54, 1.807) is 0 Å². The fraction of sp³-hybridized carbons (Fsp3) is 0.520. The van der Waals surface area contributed by atoms with E-state index in [9.17, 15) is 0 Å². The van der Waals surface area contributed by atoms with Gasteiger partial charge in [-0.15, -0.1) is 0 Å². The minimum absolute atomic E-state index is 0.0940. The summed E-state index contributed by atoms with van der Waals surface area (Å²) in [6.07, 6.45) is 8.18. The summed E-state index contributed by atoms with van der Waals surface area (Å²) in [6.45, 7) is 6.67. The summed E-state index contributed by atoms with van der Waals surface area (Å²) in [7, 11) is 0. The number of aromatic nitrogens is 4. The van der Waals surface area contributed by atoms with E-state index in [0.717, 1.165) is 72.7 Å². The maximum absolute atomic E-state index is 6.72. The lowest BCUT2D eigenvalue weighted by Gasteiger charge is -2.41. The number of nitrogens with zero attached hydrogens (tertiary/aromatic N) is 6. The van der Waals surface area contributed by atoms with E-state index in [1.165, 1.54) is 24.6 Å². The molecule has 0 amide bonds. The van der Waals surface area contributed by atoms with Crippen LogP contribution in [0, 0.1) is 5.41 Å². The second-order valence-corrected chi connectivity index (χ2v) is 11.3. The molecule has 1 spiro atoms. The predicted molar refractivity (Wildman–Crippen MR) is 139 cm³/mol. The molecule has 0 aromatic carbocycles. The van der Waals surface area contributed by atoms with Crippen molar-refractivity contribution in [1.29, 1.82) is 0 Å². The molecule has 10 heteroatoms. The van der Waals surface area contributed by atoms with Crippen LogP contribution in [-0.2, 0) is 4.74 Å². The van der Waals surface area contributed by atoms with E-state index < -0.39 is 0 Å². The zero-order valence-corrected chi connectivity index (χ0v) is 21.4. The van der Waals surface area contributed by atoms with Gasteiger partial charge in [-0.1, -0.05) is 23.4 Å². The second-order valence-electron chi connectivity index (χ2n) is 9.85. The molecule has 0 unspecified atom stereocenters. The molecule has 2 atom stereocenters. The molecule has 3 aromatic heterocycles. The van der Waals surface area contributed by atoms with Gasteiger partial charge in [0, 0.05) is 48.7 Å². The Morgan fingerprint density at radius 2 is 1.86 bits per heavy atom. The Hall–Kier alpha value is -2.20. The van der Waals surface area contributed by atoms with Gasteiger partial charge in [-0.05, 0) is 50.8 Å². The number of pyridine rings is 2. The van der Waals surface area contributed by atoms with Gasteiger partial charge >= 0.3 is 0 Å². The van der Waals surface area contributed by atoms with Crippen LogP contribution in [0.3, 0.4) is 0 Å². The molecule has 0 radical (unpaired) electrons. The van der Waals surface area contributed by atoms with Crippen molar-refractivity contribution in [2.45, 2.75) is 54.7 Å². The predicted octanol–water partition coefficient (Wildman–Crippen LogP) is 4.16. The van der Waals surface area contributed by atoms with Gasteiger partial charge in [-0.3, -0.25) is 0 Å². The molecule has 3 aromatic rings. The van der Waals surface area contributed by atoms with Crippen LogP contribution in [0.4, 0.5) is 11.6 Å². The van der Waals surface area contributed by atoms with E-state index in [0.29, 0.717) is 10.7 Å². The lowest BCUT2D eigenvalue weighted by Crippen LogP contribution is -2.50. The maximum Gasteiger partial charge on any atom is 0.179 e. The molecule has 3 fully saturated rings. The largest absolute Gasteiger partial charge is 0.376 e. The van der Waals surface area contributed by atoms with Gasteiger partial charge in [0.2, 0.25) is 0 Å². The van der Waals surface area contributed by atoms with Gasteiger partial charge in [0.25, 0.3) is 0 Å². The molecule has 6 rings (SSSR count). The minimum atomic E-state index is 0.0940. The standard InChI is InChI=1S/C25H30ClN7OS/c1-16-22(27)25(15-34-16)7-12-32(13-8-25)19-14-29-23-17(30-19)4-5-20(31-23)35-18-6-9-28-24(21(18)26)33-10-2-3-11-33/h4-6,9,14,16,22H,2-3,7-8,10-13,15,27H2,1H3/t16-,22+/m0/s1. The van der Waals surface area contributed by atoms with Crippen LogP contribution in [0.25, 0.3) is 11.2 Å². The number of piperidine rings is 1. The number of hydrogen-bond acceptors (Lipinski definition) is 9. The van der Waals surface area contributed by atoms with E-state index in [2.05, 4.69) is 26.7 Å². The summed E-state index contributed by atoms with van der Waals surface area (Å²) >= 11 is 8.26. The third-order valence-corrected chi connectivity index (χ3v) is 9.23. The Labute approximate surface area is 214 Å². The number of nitrogens with two attached hydrogens (primary N) is 1. The van der Waals surface area contributed by atoms with Crippen LogP contribution in [0.15, 0.2) is 40.5 Å². The number of anilines is 2. The molecule has 6 heterocycles. The maximum atomic E-state index is 6.72. The zero-order chi connectivity index (χ0) is 24.0. The van der Waals surface area contributed by atoms with Crippen LogP contribution >= 0.6 is 23.4 Å². The number of ether oxygens (including phenoxy) is 1. The van der Waals surface area contributed by atoms with Crippen LogP contribution in [0.2, 0.25) is 5.02 Å². The van der Waals surface area contributed by atoms with Crippen molar-refractivity contribution in [2.75, 3.05) is 42.6 Å². The Morgan fingerprint density at radius 1 is 1.06 bits per heavy atom. The van der Waals surface area contributed by atoms with E-state index >= 15 is 0 Å². The van der Waals surface area contributed by atoms with Gasteiger partial charge in [-0.25, -0.2) is 19.9 Å². The van der Waals surface area contributed by atoms with Gasteiger partial charge in [-0.2, -0.15) is 0 Å². The van der Waals surface area contributed by atoms with Gasteiger partial charge in [0.15, 0.2) is 5.65 Å². The summed E-state index contributed by atoms with van der Waals surface area (Å²) in [6, 6.07) is 6.02. The monoisotopic (exact) mass is 511 g/mol. The minimum Gasteiger partial charge on any atom is -0.376 e. The summed E-state index contributed by atoms with van der Waals surface area (Å²) in [5.74, 6) is 1.75. The third kappa shape index (κ3) is 4.33. The first-order valence-corrected chi connectivity index (χ1v) is 13.6. The Kier molecular flexibility index (Phi) is 6.20. The van der Waals surface area contributed by atoms with Gasteiger partial charge in [0.1, 0.15) is 22.2 Å². The van der Waals surface area contributed by atoms with Crippen LogP contribution in [0.1, 0.15) is 32.6 Å². The number of hydrogen-bond donors (Lipinski definition) is 1. The highest BCUT2D eigenvalue weighted by molar-refractivity contribution is 7.99. The van der Waals surface area contributed by atoms with Crippen LogP contribution in [0.5, 0.6) is 0 Å². The highest BCUT2D eigenvalue weighted by atomic mass is 35.5. The van der Waals surface area contributed by atoms with Crippen molar-refractivity contribution in [3.8, 4) is 0 Å². The Bertz CT molecular complexity index is 1230. The molecule has 35 heavy (non-hydrogen) atoms. The van der Waals surface area contributed by atoms with E-state index in [4.69, 9.17) is 32.0 Å². The van der Waals surface area contributed by atoms with Crippen molar-refractivity contribution in [3.63, 3.8) is 0 Å². The van der Waals surface area contributed by atoms with Crippen molar-refractivity contribution in [3.05, 3.63) is 35.6 Å². The summed E-state index contributed by atoms with van der Waals surface area (Å²) in [4.78, 5) is 24.3.